The van der Waals surface area contributed by atoms with Crippen molar-refractivity contribution in [3.8, 4) is 0 Å². The third-order valence-corrected chi connectivity index (χ3v) is 16.7. The fourth-order valence-electron chi connectivity index (χ4n) is 13.2. The Morgan fingerprint density at radius 1 is 0.804 bits per heavy atom. The molecule has 4 N–H and O–H groups in total. The molecule has 4 saturated carbocycles. The van der Waals surface area contributed by atoms with Crippen LogP contribution in [0.4, 0.5) is 0 Å². The van der Waals surface area contributed by atoms with Gasteiger partial charge in [0.2, 0.25) is 11.8 Å². The number of nitrogens with one attached hydrogen (secondary N) is 2. The number of amides is 2. The first-order valence-electron chi connectivity index (χ1n) is 22.0. The van der Waals surface area contributed by atoms with Gasteiger partial charge >= 0.3 is 17.9 Å². The molecule has 4 fully saturated rings. The van der Waals surface area contributed by atoms with Crippen molar-refractivity contribution in [2.24, 2.45) is 56.2 Å². The van der Waals surface area contributed by atoms with Crippen molar-refractivity contribution in [3.05, 3.63) is 11.6 Å². The Labute approximate surface area is 336 Å². The van der Waals surface area contributed by atoms with Crippen LogP contribution in [0.15, 0.2) is 11.6 Å². The maximum Gasteiger partial charge on any atom is 0.326 e. The van der Waals surface area contributed by atoms with Crippen molar-refractivity contribution >= 4 is 29.7 Å². The van der Waals surface area contributed by atoms with E-state index in [0.29, 0.717) is 31.2 Å². The van der Waals surface area contributed by atoms with E-state index < -0.39 is 23.4 Å². The van der Waals surface area contributed by atoms with Crippen LogP contribution in [-0.4, -0.2) is 58.6 Å². The summed E-state index contributed by atoms with van der Waals surface area (Å²) < 4.78 is 6.13. The Balaban J connectivity index is 1.27. The van der Waals surface area contributed by atoms with E-state index in [1.807, 2.05) is 0 Å². The molecule has 3 unspecified atom stereocenters. The van der Waals surface area contributed by atoms with Crippen LogP contribution in [0.1, 0.15) is 171 Å². The van der Waals surface area contributed by atoms with E-state index in [4.69, 9.17) is 9.84 Å². The van der Waals surface area contributed by atoms with E-state index in [2.05, 4.69) is 65.2 Å². The summed E-state index contributed by atoms with van der Waals surface area (Å²) in [6, 6.07) is -0.881. The van der Waals surface area contributed by atoms with Gasteiger partial charge < -0.3 is 25.6 Å². The van der Waals surface area contributed by atoms with Gasteiger partial charge in [0.05, 0.1) is 5.41 Å². The Morgan fingerprint density at radius 3 is 2.16 bits per heavy atom. The van der Waals surface area contributed by atoms with E-state index >= 15 is 0 Å². The maximum atomic E-state index is 14.5. The second kappa shape index (κ2) is 16.4. The minimum absolute atomic E-state index is 0.0147. The van der Waals surface area contributed by atoms with Crippen molar-refractivity contribution in [3.63, 3.8) is 0 Å². The van der Waals surface area contributed by atoms with Gasteiger partial charge in [-0.05, 0) is 129 Å². The summed E-state index contributed by atoms with van der Waals surface area (Å²) in [5.41, 5.74) is 1.22. The third kappa shape index (κ3) is 8.19. The first kappa shape index (κ1) is 44.2. The number of hydrogen-bond donors (Lipinski definition) is 4. The topological polar surface area (TPSA) is 159 Å². The average molecular weight is 783 g/mol. The fourth-order valence-corrected chi connectivity index (χ4v) is 13.2. The number of fused-ring (bicyclic) bond motifs is 7. The van der Waals surface area contributed by atoms with Crippen LogP contribution < -0.4 is 10.6 Å². The van der Waals surface area contributed by atoms with Crippen molar-refractivity contribution in [1.82, 2.24) is 10.6 Å². The normalized spacial score (nSPS) is 36.0. The number of ether oxygens (including phenoxy) is 1. The second-order valence-corrected chi connectivity index (χ2v) is 21.2. The molecule has 0 heterocycles. The minimum Gasteiger partial charge on any atom is -0.481 e. The standard InChI is InChI=1S/C46H74N2O8/c1-29(2)38(39(53)54)48-35(49)14-11-10-12-27-47-40(55)46-25-23-41(3,4)28-31(46)30-17-18-33-43(7)21-20-34(56-37(52)16-13-15-36(50)51)42(5,6)32(43)19-22-45(33,9)44(30,8)24-26-46/h17,29,31-34,38H,10-16,18-28H2,1-9H3,(H,47,55)(H,48,49)(H,50,51)(H,53,54)/t31?,32?,33?,34-,38-,43-,44+,45+,46-/m0/s1. The highest BCUT2D eigenvalue weighted by molar-refractivity contribution is 5.84. The number of carboxylic acid groups (broad SMARTS) is 2. The molecule has 5 aliphatic rings. The molecular formula is C46H74N2O8. The molecule has 5 aliphatic carbocycles. The zero-order valence-electron chi connectivity index (χ0n) is 36.1. The van der Waals surface area contributed by atoms with E-state index in [-0.39, 0.29) is 82.1 Å². The molecule has 10 heteroatoms. The number of unbranched alkanes of at least 4 members (excludes halogenated alkanes) is 2. The van der Waals surface area contributed by atoms with E-state index in [0.717, 1.165) is 77.0 Å². The summed E-state index contributed by atoms with van der Waals surface area (Å²) in [4.78, 5) is 62.2. The summed E-state index contributed by atoms with van der Waals surface area (Å²) >= 11 is 0. The molecule has 0 bridgehead atoms. The summed E-state index contributed by atoms with van der Waals surface area (Å²) in [7, 11) is 0. The van der Waals surface area contributed by atoms with Gasteiger partial charge in [-0.1, -0.05) is 80.4 Å². The lowest BCUT2D eigenvalue weighted by Gasteiger charge is -2.71. The smallest absolute Gasteiger partial charge is 0.326 e. The molecule has 2 amide bonds. The SMILES string of the molecule is CC(C)[C@H](NC(=O)CCCCCNC(=O)[C@]12CCC(C)(C)CC1C1=CCC3[C@@]4(C)CC[C@H](OC(=O)CCCC(=O)O)C(C)(C)C4CC[C@@]3(C)[C@]1(C)CC2)C(=O)O. The zero-order chi connectivity index (χ0) is 41.5. The van der Waals surface area contributed by atoms with Crippen LogP contribution in [0, 0.1) is 56.2 Å². The fraction of sp³-hybridized carbons (Fsp3) is 0.848. The Bertz CT molecular complexity index is 1550. The predicted molar refractivity (Wildman–Crippen MR) is 216 cm³/mol. The highest BCUT2D eigenvalue weighted by atomic mass is 16.5. The first-order valence-corrected chi connectivity index (χ1v) is 22.0. The maximum absolute atomic E-state index is 14.5. The molecule has 0 spiro atoms. The van der Waals surface area contributed by atoms with Gasteiger partial charge in [0, 0.05) is 31.2 Å². The van der Waals surface area contributed by atoms with Crippen LogP contribution in [0.2, 0.25) is 0 Å². The molecule has 0 aromatic heterocycles. The summed E-state index contributed by atoms with van der Waals surface area (Å²) in [5.74, 6) is -1.34. The van der Waals surface area contributed by atoms with Gasteiger partial charge in [0.15, 0.2) is 0 Å². The van der Waals surface area contributed by atoms with Crippen LogP contribution >= 0.6 is 0 Å². The van der Waals surface area contributed by atoms with Gasteiger partial charge in [0.25, 0.3) is 0 Å². The largest absolute Gasteiger partial charge is 0.481 e. The van der Waals surface area contributed by atoms with Crippen molar-refractivity contribution < 1.29 is 38.9 Å². The monoisotopic (exact) mass is 783 g/mol. The average Bonchev–Trinajstić information content (AvgIpc) is 3.09. The number of carboxylic acids is 2. The summed E-state index contributed by atoms with van der Waals surface area (Å²) in [5, 5.41) is 24.4. The number of esters is 1. The lowest BCUT2D eigenvalue weighted by molar-refractivity contribution is -0.213. The lowest BCUT2D eigenvalue weighted by atomic mass is 9.33. The lowest BCUT2D eigenvalue weighted by Crippen LogP contribution is -2.65. The Kier molecular flexibility index (Phi) is 12.9. The summed E-state index contributed by atoms with van der Waals surface area (Å²) in [6.45, 7) is 21.1. The molecule has 0 aromatic rings. The molecule has 0 saturated heterocycles. The number of allylic oxidation sites excluding steroid dienone is 2. The van der Waals surface area contributed by atoms with Crippen molar-refractivity contribution in [1.29, 1.82) is 0 Å². The Hall–Kier alpha value is -2.91. The van der Waals surface area contributed by atoms with Gasteiger partial charge in [-0.15, -0.1) is 0 Å². The van der Waals surface area contributed by atoms with Gasteiger partial charge in [0.1, 0.15) is 12.1 Å². The van der Waals surface area contributed by atoms with Gasteiger partial charge in [-0.25, -0.2) is 4.79 Å². The molecule has 9 atom stereocenters. The molecule has 0 aliphatic heterocycles. The van der Waals surface area contributed by atoms with Crippen molar-refractivity contribution in [2.45, 2.75) is 184 Å². The predicted octanol–water partition coefficient (Wildman–Crippen LogP) is 8.86. The highest BCUT2D eigenvalue weighted by Crippen LogP contribution is 2.76. The van der Waals surface area contributed by atoms with E-state index in [1.54, 1.807) is 13.8 Å². The van der Waals surface area contributed by atoms with Crippen molar-refractivity contribution in [2.75, 3.05) is 6.54 Å². The highest BCUT2D eigenvalue weighted by Gasteiger charge is 2.69. The molecule has 0 aromatic carbocycles. The van der Waals surface area contributed by atoms with E-state index in [9.17, 15) is 29.1 Å². The van der Waals surface area contributed by atoms with E-state index in [1.165, 1.54) is 5.57 Å². The molecule has 10 nitrogen and oxygen atoms in total. The number of aliphatic carboxylic acids is 2. The molecule has 0 radical (unpaired) electrons. The minimum atomic E-state index is -1.01. The molecular weight excluding hydrogens is 709 g/mol. The number of carbonyl (C=O) groups excluding carboxylic acids is 3. The second-order valence-electron chi connectivity index (χ2n) is 21.2. The van der Waals surface area contributed by atoms with Crippen LogP contribution in [-0.2, 0) is 28.7 Å². The van der Waals surface area contributed by atoms with Crippen LogP contribution in [0.25, 0.3) is 0 Å². The number of hydrogen-bond acceptors (Lipinski definition) is 6. The quantitative estimate of drug-likeness (QED) is 0.0729. The Morgan fingerprint density at radius 2 is 1.50 bits per heavy atom. The van der Waals surface area contributed by atoms with Gasteiger partial charge in [-0.2, -0.15) is 0 Å². The zero-order valence-corrected chi connectivity index (χ0v) is 36.1. The number of rotatable bonds is 15. The molecule has 56 heavy (non-hydrogen) atoms. The van der Waals surface area contributed by atoms with Crippen LogP contribution in [0.5, 0.6) is 0 Å². The summed E-state index contributed by atoms with van der Waals surface area (Å²) in [6.07, 6.45) is 15.2. The first-order chi connectivity index (χ1) is 26.0. The number of carbonyl (C=O) groups is 5. The molecule has 5 rings (SSSR count). The van der Waals surface area contributed by atoms with Gasteiger partial charge in [-0.3, -0.25) is 19.2 Å². The molecule has 316 valence electrons. The third-order valence-electron chi connectivity index (χ3n) is 16.7. The van der Waals surface area contributed by atoms with Crippen LogP contribution in [0.3, 0.4) is 0 Å².